The number of rotatable bonds is 3. The van der Waals surface area contributed by atoms with Crippen LogP contribution in [-0.2, 0) is 10.0 Å². The molecule has 0 amide bonds. The van der Waals surface area contributed by atoms with Gasteiger partial charge in [0, 0.05) is 6.04 Å². The number of phenolic OH excluding ortho intramolecular Hbond substituents is 1. The lowest BCUT2D eigenvalue weighted by Gasteiger charge is -2.11. The van der Waals surface area contributed by atoms with Crippen LogP contribution in [0.4, 0.5) is 0 Å². The first-order valence-corrected chi connectivity index (χ1v) is 6.13. The third-order valence-corrected chi connectivity index (χ3v) is 3.66. The molecule has 1 aromatic rings. The van der Waals surface area contributed by atoms with E-state index in [1.54, 1.807) is 20.8 Å². The number of nitrogens with one attached hydrogen (secondary N) is 1. The number of hydrogen-bond donors (Lipinski definition) is 2. The second-order valence-corrected chi connectivity index (χ2v) is 5.41. The van der Waals surface area contributed by atoms with Crippen LogP contribution in [0.1, 0.15) is 19.4 Å². The van der Waals surface area contributed by atoms with E-state index in [2.05, 4.69) is 4.72 Å². The molecule has 0 bridgehead atoms. The fourth-order valence-corrected chi connectivity index (χ4v) is 2.79. The van der Waals surface area contributed by atoms with Crippen LogP contribution < -0.4 is 4.72 Å². The third kappa shape index (κ3) is 2.94. The molecule has 15 heavy (non-hydrogen) atoms. The highest BCUT2D eigenvalue weighted by Gasteiger charge is 2.17. The van der Waals surface area contributed by atoms with Crippen molar-refractivity contribution in [1.29, 1.82) is 0 Å². The van der Waals surface area contributed by atoms with E-state index in [1.807, 2.05) is 0 Å². The zero-order valence-electron chi connectivity index (χ0n) is 8.98. The Labute approximate surface area is 90.0 Å². The molecule has 0 saturated carbocycles. The first-order valence-electron chi connectivity index (χ1n) is 4.65. The van der Waals surface area contributed by atoms with Crippen LogP contribution in [0, 0.1) is 6.92 Å². The molecule has 2 N–H and O–H groups in total. The zero-order valence-corrected chi connectivity index (χ0v) is 9.80. The summed E-state index contributed by atoms with van der Waals surface area (Å²) in [5.74, 6) is 0.0657. The van der Waals surface area contributed by atoms with Gasteiger partial charge in [-0.2, -0.15) is 0 Å². The summed E-state index contributed by atoms with van der Waals surface area (Å²) in [6.07, 6.45) is 0. The fraction of sp³-hybridized carbons (Fsp3) is 0.400. The molecular weight excluding hydrogens is 214 g/mol. The highest BCUT2D eigenvalue weighted by atomic mass is 32.2. The molecule has 1 rings (SSSR count). The topological polar surface area (TPSA) is 66.4 Å². The van der Waals surface area contributed by atoms with Crippen molar-refractivity contribution in [3.63, 3.8) is 0 Å². The molecule has 0 radical (unpaired) electrons. The average molecular weight is 229 g/mol. The van der Waals surface area contributed by atoms with Gasteiger partial charge in [-0.3, -0.25) is 0 Å². The van der Waals surface area contributed by atoms with Gasteiger partial charge >= 0.3 is 0 Å². The van der Waals surface area contributed by atoms with Crippen LogP contribution in [0.5, 0.6) is 5.75 Å². The fourth-order valence-electron chi connectivity index (χ4n) is 1.31. The van der Waals surface area contributed by atoms with Crippen LogP contribution in [0.3, 0.4) is 0 Å². The molecule has 0 heterocycles. The Hall–Kier alpha value is -1.07. The zero-order chi connectivity index (χ0) is 11.6. The summed E-state index contributed by atoms with van der Waals surface area (Å²) in [6, 6.07) is 4.04. The van der Waals surface area contributed by atoms with Crippen molar-refractivity contribution in [3.05, 3.63) is 23.8 Å². The van der Waals surface area contributed by atoms with Gasteiger partial charge < -0.3 is 5.11 Å². The second kappa shape index (κ2) is 4.20. The molecule has 0 aliphatic rings. The first kappa shape index (κ1) is 12.0. The van der Waals surface area contributed by atoms with Crippen LogP contribution in [0.2, 0.25) is 0 Å². The van der Waals surface area contributed by atoms with Gasteiger partial charge in [0.05, 0.1) is 4.90 Å². The van der Waals surface area contributed by atoms with E-state index < -0.39 is 10.0 Å². The van der Waals surface area contributed by atoms with E-state index in [0.29, 0.717) is 5.56 Å². The van der Waals surface area contributed by atoms with Gasteiger partial charge in [-0.25, -0.2) is 13.1 Å². The molecule has 1 aromatic carbocycles. The first-order chi connectivity index (χ1) is 6.83. The Morgan fingerprint density at radius 2 is 1.93 bits per heavy atom. The molecule has 5 heteroatoms. The molecule has 0 atom stereocenters. The van der Waals surface area contributed by atoms with E-state index in [9.17, 15) is 8.42 Å². The maximum atomic E-state index is 11.8. The lowest BCUT2D eigenvalue weighted by atomic mass is 10.2. The van der Waals surface area contributed by atoms with Gasteiger partial charge in [0.15, 0.2) is 0 Å². The maximum absolute atomic E-state index is 11.8. The average Bonchev–Trinajstić information content (AvgIpc) is 1.99. The van der Waals surface area contributed by atoms with Crippen molar-refractivity contribution in [2.75, 3.05) is 0 Å². The minimum absolute atomic E-state index is 0.0657. The Balaban J connectivity index is 3.16. The van der Waals surface area contributed by atoms with E-state index in [1.165, 1.54) is 18.2 Å². The van der Waals surface area contributed by atoms with Crippen LogP contribution in [0.15, 0.2) is 23.1 Å². The Kier molecular flexibility index (Phi) is 3.36. The maximum Gasteiger partial charge on any atom is 0.241 e. The molecule has 0 aliphatic carbocycles. The summed E-state index contributed by atoms with van der Waals surface area (Å²) >= 11 is 0. The largest absolute Gasteiger partial charge is 0.508 e. The Morgan fingerprint density at radius 1 is 1.33 bits per heavy atom. The highest BCUT2D eigenvalue weighted by Crippen LogP contribution is 2.19. The highest BCUT2D eigenvalue weighted by molar-refractivity contribution is 7.89. The summed E-state index contributed by atoms with van der Waals surface area (Å²) in [6.45, 7) is 5.16. The van der Waals surface area contributed by atoms with Crippen molar-refractivity contribution < 1.29 is 13.5 Å². The molecule has 84 valence electrons. The normalized spacial score (nSPS) is 12.0. The van der Waals surface area contributed by atoms with Gasteiger partial charge in [0.25, 0.3) is 0 Å². The van der Waals surface area contributed by atoms with Gasteiger partial charge in [-0.1, -0.05) is 0 Å². The van der Waals surface area contributed by atoms with E-state index in [-0.39, 0.29) is 16.7 Å². The summed E-state index contributed by atoms with van der Waals surface area (Å²) in [4.78, 5) is 0.203. The van der Waals surface area contributed by atoms with Gasteiger partial charge in [-0.05, 0) is 44.5 Å². The van der Waals surface area contributed by atoms with Crippen molar-refractivity contribution in [3.8, 4) is 5.75 Å². The lowest BCUT2D eigenvalue weighted by molar-refractivity contribution is 0.474. The number of aromatic hydroxyl groups is 1. The molecule has 0 unspecified atom stereocenters. The molecular formula is C10H15NO3S. The minimum Gasteiger partial charge on any atom is -0.508 e. The third-order valence-electron chi connectivity index (χ3n) is 1.84. The number of benzene rings is 1. The number of aryl methyl sites for hydroxylation is 1. The Bertz CT molecular complexity index is 452. The molecule has 0 spiro atoms. The molecule has 0 aliphatic heterocycles. The number of hydrogen-bond acceptors (Lipinski definition) is 3. The molecule has 4 nitrogen and oxygen atoms in total. The van der Waals surface area contributed by atoms with E-state index >= 15 is 0 Å². The Morgan fingerprint density at radius 3 is 2.40 bits per heavy atom. The van der Waals surface area contributed by atoms with Gasteiger partial charge in [-0.15, -0.1) is 0 Å². The van der Waals surface area contributed by atoms with Crippen LogP contribution >= 0.6 is 0 Å². The van der Waals surface area contributed by atoms with E-state index in [0.717, 1.165) is 0 Å². The van der Waals surface area contributed by atoms with Gasteiger partial charge in [0.2, 0.25) is 10.0 Å². The number of sulfonamides is 1. The standard InChI is InChI=1S/C10H15NO3S/c1-7(2)11-15(13,14)10-5-4-9(12)6-8(10)3/h4-7,11-12H,1-3H3. The van der Waals surface area contributed by atoms with Crippen molar-refractivity contribution in [2.24, 2.45) is 0 Å². The van der Waals surface area contributed by atoms with Crippen molar-refractivity contribution >= 4 is 10.0 Å². The SMILES string of the molecule is Cc1cc(O)ccc1S(=O)(=O)NC(C)C. The smallest absolute Gasteiger partial charge is 0.241 e. The second-order valence-electron chi connectivity index (χ2n) is 3.73. The summed E-state index contributed by atoms with van der Waals surface area (Å²) in [5, 5.41) is 9.17. The lowest BCUT2D eigenvalue weighted by Crippen LogP contribution is -2.30. The predicted octanol–water partition coefficient (Wildman–Crippen LogP) is 1.39. The quantitative estimate of drug-likeness (QED) is 0.823. The van der Waals surface area contributed by atoms with Crippen molar-refractivity contribution in [2.45, 2.75) is 31.7 Å². The van der Waals surface area contributed by atoms with Crippen molar-refractivity contribution in [1.82, 2.24) is 4.72 Å². The predicted molar refractivity (Wildman–Crippen MR) is 58.3 cm³/mol. The van der Waals surface area contributed by atoms with E-state index in [4.69, 9.17) is 5.11 Å². The molecule has 0 aromatic heterocycles. The summed E-state index contributed by atoms with van der Waals surface area (Å²) in [7, 11) is -3.47. The van der Waals surface area contributed by atoms with Crippen LogP contribution in [-0.4, -0.2) is 19.6 Å². The summed E-state index contributed by atoms with van der Waals surface area (Å²) < 4.78 is 26.1. The number of phenols is 1. The minimum atomic E-state index is -3.47. The molecule has 0 fully saturated rings. The van der Waals surface area contributed by atoms with Crippen LogP contribution in [0.25, 0.3) is 0 Å². The molecule has 0 saturated heterocycles. The monoisotopic (exact) mass is 229 g/mol. The summed E-state index contributed by atoms with van der Waals surface area (Å²) in [5.41, 5.74) is 0.531. The van der Waals surface area contributed by atoms with Gasteiger partial charge in [0.1, 0.15) is 5.75 Å².